The van der Waals surface area contributed by atoms with E-state index in [2.05, 4.69) is 5.32 Å². The van der Waals surface area contributed by atoms with Gasteiger partial charge in [-0.3, -0.25) is 19.3 Å². The second-order valence-corrected chi connectivity index (χ2v) is 7.94. The Morgan fingerprint density at radius 1 is 0.970 bits per heavy atom. The topological polar surface area (TPSA) is 73.0 Å². The first-order valence-electron chi connectivity index (χ1n) is 10.4. The van der Waals surface area contributed by atoms with E-state index in [1.54, 1.807) is 38.4 Å². The van der Waals surface area contributed by atoms with E-state index >= 15 is 0 Å². The maximum absolute atomic E-state index is 13.2. The number of benzene rings is 2. The Labute approximate surface area is 189 Å². The number of hydrogen-bond acceptors (Lipinski definition) is 4. The fourth-order valence-electron chi connectivity index (χ4n) is 3.59. The van der Waals surface area contributed by atoms with Crippen molar-refractivity contribution >= 4 is 23.4 Å². The molecule has 0 radical (unpaired) electrons. The first-order valence-corrected chi connectivity index (χ1v) is 10.4. The fraction of sp³-hybridized carbons (Fsp3) is 0.348. The molecule has 0 bridgehead atoms. The Morgan fingerprint density at radius 3 is 2.27 bits per heavy atom. The van der Waals surface area contributed by atoms with Gasteiger partial charge in [0.15, 0.2) is 0 Å². The van der Waals surface area contributed by atoms with Gasteiger partial charge in [0, 0.05) is 51.5 Å². The summed E-state index contributed by atoms with van der Waals surface area (Å²) in [7, 11) is 3.28. The molecule has 10 heteroatoms. The lowest BCUT2D eigenvalue weighted by Crippen LogP contribution is -2.50. The Balaban J connectivity index is 1.55. The molecule has 0 aromatic heterocycles. The predicted octanol–water partition coefficient (Wildman–Crippen LogP) is 2.80. The Bertz CT molecular complexity index is 1030. The number of carbonyl (C=O) groups is 3. The van der Waals surface area contributed by atoms with Crippen molar-refractivity contribution in [2.45, 2.75) is 6.18 Å². The van der Waals surface area contributed by atoms with Gasteiger partial charge >= 0.3 is 6.18 Å². The molecule has 0 aliphatic carbocycles. The van der Waals surface area contributed by atoms with Gasteiger partial charge in [-0.05, 0) is 30.3 Å². The molecule has 176 valence electrons. The molecule has 1 aliphatic heterocycles. The third-order valence-electron chi connectivity index (χ3n) is 5.29. The third kappa shape index (κ3) is 6.10. The molecule has 0 atom stereocenters. The number of hydrogen-bond donors (Lipinski definition) is 1. The quantitative estimate of drug-likeness (QED) is 0.742. The first kappa shape index (κ1) is 24.2. The molecule has 1 N–H and O–H groups in total. The maximum atomic E-state index is 13.2. The molecule has 1 fully saturated rings. The van der Waals surface area contributed by atoms with Gasteiger partial charge in [-0.15, -0.1) is 0 Å². The van der Waals surface area contributed by atoms with Gasteiger partial charge in [0.1, 0.15) is 0 Å². The average molecular weight is 462 g/mol. The largest absolute Gasteiger partial charge is 0.417 e. The number of halogens is 3. The normalized spacial score (nSPS) is 14.6. The summed E-state index contributed by atoms with van der Waals surface area (Å²) in [5.41, 5.74) is -0.385. The van der Waals surface area contributed by atoms with Crippen molar-refractivity contribution in [1.82, 2.24) is 14.7 Å². The second-order valence-electron chi connectivity index (χ2n) is 7.94. The first-order chi connectivity index (χ1) is 15.6. The third-order valence-corrected chi connectivity index (χ3v) is 5.29. The van der Waals surface area contributed by atoms with Crippen molar-refractivity contribution in [3.63, 3.8) is 0 Å². The van der Waals surface area contributed by atoms with Crippen LogP contribution in [0.2, 0.25) is 0 Å². The molecule has 0 unspecified atom stereocenters. The lowest BCUT2D eigenvalue weighted by Gasteiger charge is -2.34. The lowest BCUT2D eigenvalue weighted by atomic mass is 10.1. The molecule has 3 rings (SSSR count). The van der Waals surface area contributed by atoms with Crippen LogP contribution in [0.15, 0.2) is 48.5 Å². The number of piperazine rings is 1. The minimum atomic E-state index is -4.61. The number of nitrogens with zero attached hydrogens (tertiary/aromatic N) is 3. The monoisotopic (exact) mass is 462 g/mol. The highest BCUT2D eigenvalue weighted by Gasteiger charge is 2.36. The summed E-state index contributed by atoms with van der Waals surface area (Å²) in [6.07, 6.45) is -4.61. The van der Waals surface area contributed by atoms with E-state index in [4.69, 9.17) is 0 Å². The Kier molecular flexibility index (Phi) is 7.37. The molecule has 0 saturated carbocycles. The highest BCUT2D eigenvalue weighted by atomic mass is 19.4. The van der Waals surface area contributed by atoms with Gasteiger partial charge in [-0.25, -0.2) is 0 Å². The van der Waals surface area contributed by atoms with Gasteiger partial charge in [-0.2, -0.15) is 13.2 Å². The molecule has 1 heterocycles. The van der Waals surface area contributed by atoms with E-state index < -0.39 is 17.6 Å². The molecule has 1 saturated heterocycles. The van der Waals surface area contributed by atoms with Crippen LogP contribution in [0.1, 0.15) is 26.3 Å². The second kappa shape index (κ2) is 10.0. The van der Waals surface area contributed by atoms with Gasteiger partial charge in [0.05, 0.1) is 17.7 Å². The molecular weight excluding hydrogens is 437 g/mol. The Hall–Kier alpha value is -3.40. The smallest absolute Gasteiger partial charge is 0.345 e. The minimum Gasteiger partial charge on any atom is -0.345 e. The van der Waals surface area contributed by atoms with Crippen LogP contribution in [-0.2, 0) is 11.0 Å². The number of nitrogens with one attached hydrogen (secondary N) is 1. The van der Waals surface area contributed by atoms with Crippen LogP contribution in [0.4, 0.5) is 18.9 Å². The van der Waals surface area contributed by atoms with Crippen LogP contribution >= 0.6 is 0 Å². The summed E-state index contributed by atoms with van der Waals surface area (Å²) in [5.74, 6) is -1.14. The minimum absolute atomic E-state index is 0.0625. The highest BCUT2D eigenvalue weighted by molar-refractivity contribution is 5.97. The zero-order valence-corrected chi connectivity index (χ0v) is 18.4. The number of carbonyl (C=O) groups excluding carboxylic acids is 3. The molecule has 7 nitrogen and oxygen atoms in total. The number of anilines is 1. The SMILES string of the molecule is CN(C)C(=O)c1cccc(NC(=O)CN2CCN(C(=O)c3ccccc3C(F)(F)F)CC2)c1. The van der Waals surface area contributed by atoms with E-state index in [0.717, 1.165) is 6.07 Å². The van der Waals surface area contributed by atoms with Crippen LogP contribution in [0.5, 0.6) is 0 Å². The van der Waals surface area contributed by atoms with Crippen LogP contribution in [0.25, 0.3) is 0 Å². The van der Waals surface area contributed by atoms with E-state index in [9.17, 15) is 27.6 Å². The van der Waals surface area contributed by atoms with Crippen LogP contribution in [-0.4, -0.2) is 79.2 Å². The van der Waals surface area contributed by atoms with Gasteiger partial charge in [0.2, 0.25) is 5.91 Å². The van der Waals surface area contributed by atoms with Crippen molar-refractivity contribution in [1.29, 1.82) is 0 Å². The molecule has 3 amide bonds. The van der Waals surface area contributed by atoms with Crippen molar-refractivity contribution in [3.8, 4) is 0 Å². The van der Waals surface area contributed by atoms with Crippen molar-refractivity contribution < 1.29 is 27.6 Å². The predicted molar refractivity (Wildman–Crippen MR) is 117 cm³/mol. The van der Waals surface area contributed by atoms with E-state index in [-0.39, 0.29) is 37.0 Å². The number of alkyl halides is 3. The summed E-state index contributed by atoms with van der Waals surface area (Å²) in [4.78, 5) is 41.8. The van der Waals surface area contributed by atoms with E-state index in [1.165, 1.54) is 28.0 Å². The van der Waals surface area contributed by atoms with Crippen molar-refractivity contribution in [2.24, 2.45) is 0 Å². The average Bonchev–Trinajstić information content (AvgIpc) is 2.78. The molecule has 0 spiro atoms. The van der Waals surface area contributed by atoms with Crippen LogP contribution < -0.4 is 5.32 Å². The summed E-state index contributed by atoms with van der Waals surface area (Å²) < 4.78 is 39.7. The number of rotatable bonds is 5. The molecule has 2 aromatic carbocycles. The van der Waals surface area contributed by atoms with Gasteiger partial charge in [0.25, 0.3) is 11.8 Å². The molecule has 33 heavy (non-hydrogen) atoms. The van der Waals surface area contributed by atoms with Gasteiger partial charge in [-0.1, -0.05) is 18.2 Å². The van der Waals surface area contributed by atoms with Crippen LogP contribution in [0.3, 0.4) is 0 Å². The highest BCUT2D eigenvalue weighted by Crippen LogP contribution is 2.32. The summed E-state index contributed by atoms with van der Waals surface area (Å²) >= 11 is 0. The zero-order valence-electron chi connectivity index (χ0n) is 18.4. The zero-order chi connectivity index (χ0) is 24.2. The van der Waals surface area contributed by atoms with Crippen LogP contribution in [0, 0.1) is 0 Å². The van der Waals surface area contributed by atoms with Crippen molar-refractivity contribution in [2.75, 3.05) is 52.1 Å². The molecule has 2 aromatic rings. The van der Waals surface area contributed by atoms with E-state index in [0.29, 0.717) is 24.3 Å². The molecular formula is C23H25F3N4O3. The maximum Gasteiger partial charge on any atom is 0.417 e. The van der Waals surface area contributed by atoms with Crippen molar-refractivity contribution in [3.05, 3.63) is 65.2 Å². The summed E-state index contributed by atoms with van der Waals surface area (Å²) in [6.45, 7) is 1.20. The van der Waals surface area contributed by atoms with Gasteiger partial charge < -0.3 is 15.1 Å². The lowest BCUT2D eigenvalue weighted by molar-refractivity contribution is -0.138. The Morgan fingerprint density at radius 2 is 1.64 bits per heavy atom. The summed E-state index contributed by atoms with van der Waals surface area (Å²) in [6, 6.07) is 11.3. The summed E-state index contributed by atoms with van der Waals surface area (Å²) in [5, 5.41) is 2.75. The number of amides is 3. The molecule has 1 aliphatic rings. The van der Waals surface area contributed by atoms with E-state index in [1.807, 2.05) is 4.90 Å². The standard InChI is InChI=1S/C23H25F3N4O3/c1-28(2)21(32)16-6-5-7-17(14-16)27-20(31)15-29-10-12-30(13-11-29)22(33)18-8-3-4-9-19(18)23(24,25)26/h3-9,14H,10-13,15H2,1-2H3,(H,27,31). The fourth-order valence-corrected chi connectivity index (χ4v) is 3.59.